The second-order valence-corrected chi connectivity index (χ2v) is 3.90. The number of fused-ring (bicyclic) bond motifs is 1. The van der Waals surface area contributed by atoms with Gasteiger partial charge in [0.1, 0.15) is 0 Å². The van der Waals surface area contributed by atoms with Crippen LogP contribution in [0.1, 0.15) is 5.56 Å². The zero-order valence-corrected chi connectivity index (χ0v) is 8.94. The van der Waals surface area contributed by atoms with Crippen LogP contribution < -0.4 is 0 Å². The van der Waals surface area contributed by atoms with Crippen LogP contribution in [0.25, 0.3) is 22.2 Å². The van der Waals surface area contributed by atoms with Crippen molar-refractivity contribution in [1.82, 2.24) is 15.2 Å². The Kier molecular flexibility index (Phi) is 1.96. The Bertz CT molecular complexity index is 640. The molecule has 16 heavy (non-hydrogen) atoms. The minimum atomic E-state index is 0.830. The van der Waals surface area contributed by atoms with E-state index in [0.29, 0.717) is 0 Å². The van der Waals surface area contributed by atoms with E-state index in [1.165, 1.54) is 11.1 Å². The number of hydrogen-bond donors (Lipinski definition) is 1. The van der Waals surface area contributed by atoms with Crippen LogP contribution in [0.2, 0.25) is 0 Å². The molecule has 0 fully saturated rings. The third kappa shape index (κ3) is 1.46. The van der Waals surface area contributed by atoms with Gasteiger partial charge in [-0.05, 0) is 18.6 Å². The molecule has 0 amide bonds. The fourth-order valence-corrected chi connectivity index (χ4v) is 1.82. The average Bonchev–Trinajstić information content (AvgIpc) is 2.75. The molecule has 0 spiro atoms. The first-order valence-corrected chi connectivity index (χ1v) is 5.19. The van der Waals surface area contributed by atoms with Crippen LogP contribution in [0.15, 0.2) is 42.7 Å². The number of aromatic amines is 1. The predicted octanol–water partition coefficient (Wildman–Crippen LogP) is 2.93. The van der Waals surface area contributed by atoms with E-state index in [-0.39, 0.29) is 0 Å². The van der Waals surface area contributed by atoms with Crippen molar-refractivity contribution >= 4 is 11.0 Å². The smallest absolute Gasteiger partial charge is 0.155 e. The lowest BCUT2D eigenvalue weighted by Crippen LogP contribution is -1.82. The lowest BCUT2D eigenvalue weighted by molar-refractivity contribution is 1.10. The minimum absolute atomic E-state index is 0.830. The highest BCUT2D eigenvalue weighted by Gasteiger charge is 2.01. The van der Waals surface area contributed by atoms with Gasteiger partial charge in [0.15, 0.2) is 5.65 Å². The number of aryl methyl sites for hydroxylation is 1. The van der Waals surface area contributed by atoms with E-state index in [1.807, 2.05) is 6.20 Å². The summed E-state index contributed by atoms with van der Waals surface area (Å²) in [5.41, 5.74) is 4.40. The zero-order chi connectivity index (χ0) is 11.0. The molecule has 1 aromatic carbocycles. The first kappa shape index (κ1) is 9.09. The van der Waals surface area contributed by atoms with Crippen LogP contribution in [-0.2, 0) is 0 Å². The standard InChI is InChI=1S/C13H11N3/c1-9-3-2-4-10(5-9)11-6-12-8-15-16-13(12)14-7-11/h2-8H,1H3,(H,14,15,16). The number of H-pyrrole nitrogens is 1. The quantitative estimate of drug-likeness (QED) is 0.669. The fraction of sp³-hybridized carbons (Fsp3) is 0.0769. The second-order valence-electron chi connectivity index (χ2n) is 3.90. The molecular weight excluding hydrogens is 198 g/mol. The van der Waals surface area contributed by atoms with Crippen LogP contribution in [-0.4, -0.2) is 15.2 Å². The number of pyridine rings is 1. The number of hydrogen-bond acceptors (Lipinski definition) is 2. The van der Waals surface area contributed by atoms with Gasteiger partial charge in [-0.1, -0.05) is 29.8 Å². The summed E-state index contributed by atoms with van der Waals surface area (Å²) in [5, 5.41) is 7.86. The minimum Gasteiger partial charge on any atom is -0.261 e. The van der Waals surface area contributed by atoms with Gasteiger partial charge in [0.25, 0.3) is 0 Å². The number of nitrogens with zero attached hydrogens (tertiary/aromatic N) is 2. The number of nitrogens with one attached hydrogen (secondary N) is 1. The van der Waals surface area contributed by atoms with Gasteiger partial charge in [-0.15, -0.1) is 0 Å². The van der Waals surface area contributed by atoms with Gasteiger partial charge < -0.3 is 0 Å². The number of benzene rings is 1. The fourth-order valence-electron chi connectivity index (χ4n) is 1.82. The molecule has 3 rings (SSSR count). The van der Waals surface area contributed by atoms with Gasteiger partial charge in [-0.25, -0.2) is 4.98 Å². The summed E-state index contributed by atoms with van der Waals surface area (Å²) in [6.07, 6.45) is 3.66. The van der Waals surface area contributed by atoms with Gasteiger partial charge >= 0.3 is 0 Å². The normalized spacial score (nSPS) is 10.8. The summed E-state index contributed by atoms with van der Waals surface area (Å²) in [6, 6.07) is 10.5. The summed E-state index contributed by atoms with van der Waals surface area (Å²) in [7, 11) is 0. The summed E-state index contributed by atoms with van der Waals surface area (Å²) in [5.74, 6) is 0. The van der Waals surface area contributed by atoms with Crippen molar-refractivity contribution in [2.75, 3.05) is 0 Å². The van der Waals surface area contributed by atoms with E-state index in [4.69, 9.17) is 0 Å². The Morgan fingerprint density at radius 1 is 1.06 bits per heavy atom. The molecule has 0 aliphatic rings. The molecule has 0 unspecified atom stereocenters. The van der Waals surface area contributed by atoms with E-state index in [0.717, 1.165) is 16.6 Å². The van der Waals surface area contributed by atoms with Gasteiger partial charge in [-0.3, -0.25) is 5.10 Å². The Morgan fingerprint density at radius 3 is 2.88 bits per heavy atom. The summed E-state index contributed by atoms with van der Waals surface area (Å²) in [6.45, 7) is 2.09. The van der Waals surface area contributed by atoms with Gasteiger partial charge in [0.2, 0.25) is 0 Å². The lowest BCUT2D eigenvalue weighted by atomic mass is 10.0. The van der Waals surface area contributed by atoms with Crippen LogP contribution in [0.5, 0.6) is 0 Å². The SMILES string of the molecule is Cc1cccc(-c2cnc3[nH]ncc3c2)c1. The van der Waals surface area contributed by atoms with Crippen LogP contribution in [0.3, 0.4) is 0 Å². The van der Waals surface area contributed by atoms with Gasteiger partial charge in [0.05, 0.1) is 6.20 Å². The highest BCUT2D eigenvalue weighted by Crippen LogP contribution is 2.22. The second kappa shape index (κ2) is 3.45. The third-order valence-electron chi connectivity index (χ3n) is 2.64. The van der Waals surface area contributed by atoms with Crippen molar-refractivity contribution in [1.29, 1.82) is 0 Å². The first-order valence-electron chi connectivity index (χ1n) is 5.19. The van der Waals surface area contributed by atoms with E-state index >= 15 is 0 Å². The molecule has 1 N–H and O–H groups in total. The maximum Gasteiger partial charge on any atom is 0.155 e. The molecule has 0 saturated carbocycles. The summed E-state index contributed by atoms with van der Waals surface area (Å²) in [4.78, 5) is 4.33. The zero-order valence-electron chi connectivity index (χ0n) is 8.94. The molecule has 3 aromatic rings. The van der Waals surface area contributed by atoms with Crippen LogP contribution in [0.4, 0.5) is 0 Å². The topological polar surface area (TPSA) is 41.6 Å². The first-order chi connectivity index (χ1) is 7.83. The van der Waals surface area contributed by atoms with E-state index in [1.54, 1.807) is 6.20 Å². The molecule has 0 aliphatic carbocycles. The molecule has 0 radical (unpaired) electrons. The van der Waals surface area contributed by atoms with Crippen molar-refractivity contribution in [3.63, 3.8) is 0 Å². The Balaban J connectivity index is 2.18. The number of aromatic nitrogens is 3. The summed E-state index contributed by atoms with van der Waals surface area (Å²) >= 11 is 0. The van der Waals surface area contributed by atoms with Crippen molar-refractivity contribution in [3.05, 3.63) is 48.3 Å². The van der Waals surface area contributed by atoms with Crippen molar-refractivity contribution in [2.24, 2.45) is 0 Å². The van der Waals surface area contributed by atoms with Crippen LogP contribution in [0, 0.1) is 6.92 Å². The molecule has 78 valence electrons. The molecule has 2 aromatic heterocycles. The van der Waals surface area contributed by atoms with Crippen LogP contribution >= 0.6 is 0 Å². The molecule has 3 heteroatoms. The average molecular weight is 209 g/mol. The highest BCUT2D eigenvalue weighted by atomic mass is 15.1. The van der Waals surface area contributed by atoms with E-state index in [2.05, 4.69) is 52.4 Å². The summed E-state index contributed by atoms with van der Waals surface area (Å²) < 4.78 is 0. The van der Waals surface area contributed by atoms with E-state index < -0.39 is 0 Å². The molecule has 3 nitrogen and oxygen atoms in total. The molecule has 0 atom stereocenters. The van der Waals surface area contributed by atoms with Gasteiger partial charge in [-0.2, -0.15) is 5.10 Å². The molecule has 0 bridgehead atoms. The van der Waals surface area contributed by atoms with Crippen molar-refractivity contribution in [2.45, 2.75) is 6.92 Å². The lowest BCUT2D eigenvalue weighted by Gasteiger charge is -2.02. The monoisotopic (exact) mass is 209 g/mol. The molecule has 2 heterocycles. The largest absolute Gasteiger partial charge is 0.261 e. The highest BCUT2D eigenvalue weighted by molar-refractivity contribution is 5.80. The van der Waals surface area contributed by atoms with E-state index in [9.17, 15) is 0 Å². The molecule has 0 saturated heterocycles. The van der Waals surface area contributed by atoms with Crippen molar-refractivity contribution in [3.8, 4) is 11.1 Å². The Morgan fingerprint density at radius 2 is 2.00 bits per heavy atom. The Labute approximate surface area is 93.2 Å². The maximum absolute atomic E-state index is 4.33. The molecular formula is C13H11N3. The number of rotatable bonds is 1. The maximum atomic E-state index is 4.33. The predicted molar refractivity (Wildman–Crippen MR) is 64.1 cm³/mol. The Hall–Kier alpha value is -2.16. The third-order valence-corrected chi connectivity index (χ3v) is 2.64. The molecule has 0 aliphatic heterocycles. The van der Waals surface area contributed by atoms with Gasteiger partial charge in [0, 0.05) is 17.1 Å². The van der Waals surface area contributed by atoms with Crippen molar-refractivity contribution < 1.29 is 0 Å².